The third-order valence-electron chi connectivity index (χ3n) is 4.53. The van der Waals surface area contributed by atoms with Crippen LogP contribution in [0.5, 0.6) is 0 Å². The number of amides is 2. The van der Waals surface area contributed by atoms with Gasteiger partial charge in [0.2, 0.25) is 0 Å². The minimum absolute atomic E-state index is 0.265. The average molecular weight is 328 g/mol. The minimum atomic E-state index is -0.709. The average Bonchev–Trinajstić information content (AvgIpc) is 2.87. The molecule has 1 aromatic carbocycles. The van der Waals surface area contributed by atoms with Crippen LogP contribution in [0.4, 0.5) is 4.79 Å². The van der Waals surface area contributed by atoms with Crippen LogP contribution < -0.4 is 10.6 Å². The van der Waals surface area contributed by atoms with Crippen LogP contribution in [0.15, 0.2) is 30.3 Å². The summed E-state index contributed by atoms with van der Waals surface area (Å²) in [6.45, 7) is 4.68. The highest BCUT2D eigenvalue weighted by atomic mass is 16.3. The van der Waals surface area contributed by atoms with Gasteiger partial charge in [0, 0.05) is 18.8 Å². The van der Waals surface area contributed by atoms with Crippen molar-refractivity contribution >= 4 is 6.03 Å². The first kappa shape index (κ1) is 16.5. The summed E-state index contributed by atoms with van der Waals surface area (Å²) >= 11 is 0. The van der Waals surface area contributed by atoms with Crippen LogP contribution in [0.1, 0.15) is 36.2 Å². The number of hydrogen-bond donors (Lipinski definition) is 3. The maximum atomic E-state index is 12.0. The van der Waals surface area contributed by atoms with E-state index in [1.54, 1.807) is 0 Å². The number of nitrogens with zero attached hydrogens (tertiary/aromatic N) is 2. The zero-order valence-electron chi connectivity index (χ0n) is 14.2. The molecular weight excluding hydrogens is 304 g/mol. The molecular formula is C18H24N4O2. The number of benzene rings is 1. The zero-order valence-corrected chi connectivity index (χ0v) is 14.2. The molecule has 128 valence electrons. The number of rotatable bonds is 5. The molecule has 0 atom stereocenters. The number of carbonyl (C=O) groups is 1. The standard InChI is InChI=1S/C18H24N4O2/c1-13-10-14(2)22(21-13)16-7-4-3-6-15(16)11-19-17(23)20-12-18(24)8-5-9-18/h3-4,6-7,10,24H,5,8-9,11-12H2,1-2H3,(H2,19,20,23). The Hall–Kier alpha value is -2.34. The summed E-state index contributed by atoms with van der Waals surface area (Å²) in [5, 5.41) is 20.1. The largest absolute Gasteiger partial charge is 0.388 e. The Balaban J connectivity index is 1.63. The van der Waals surface area contributed by atoms with Crippen LogP contribution in [-0.2, 0) is 6.54 Å². The lowest BCUT2D eigenvalue weighted by molar-refractivity contribution is -0.0290. The molecule has 0 bridgehead atoms. The summed E-state index contributed by atoms with van der Waals surface area (Å²) in [7, 11) is 0. The molecule has 1 fully saturated rings. The van der Waals surface area contributed by atoms with Gasteiger partial charge in [0.1, 0.15) is 0 Å². The number of hydrogen-bond acceptors (Lipinski definition) is 3. The number of para-hydroxylation sites is 1. The molecule has 1 aromatic heterocycles. The monoisotopic (exact) mass is 328 g/mol. The predicted octanol–water partition coefficient (Wildman–Crippen LogP) is 2.20. The van der Waals surface area contributed by atoms with Gasteiger partial charge in [-0.2, -0.15) is 5.10 Å². The van der Waals surface area contributed by atoms with Crippen molar-refractivity contribution in [2.75, 3.05) is 6.54 Å². The van der Waals surface area contributed by atoms with Gasteiger partial charge in [0.25, 0.3) is 0 Å². The third kappa shape index (κ3) is 3.59. The Labute approximate surface area is 141 Å². The molecule has 0 radical (unpaired) electrons. The van der Waals surface area contributed by atoms with Crippen LogP contribution in [0.25, 0.3) is 5.69 Å². The van der Waals surface area contributed by atoms with E-state index in [1.165, 1.54) is 0 Å². The molecule has 24 heavy (non-hydrogen) atoms. The molecule has 1 aliphatic rings. The smallest absolute Gasteiger partial charge is 0.315 e. The Kier molecular flexibility index (Phi) is 4.57. The lowest BCUT2D eigenvalue weighted by Crippen LogP contribution is -2.50. The van der Waals surface area contributed by atoms with E-state index in [1.807, 2.05) is 48.9 Å². The van der Waals surface area contributed by atoms with Crippen molar-refractivity contribution in [2.45, 2.75) is 45.3 Å². The summed E-state index contributed by atoms with van der Waals surface area (Å²) in [4.78, 5) is 12.0. The van der Waals surface area contributed by atoms with E-state index >= 15 is 0 Å². The van der Waals surface area contributed by atoms with Crippen LogP contribution in [-0.4, -0.2) is 33.1 Å². The molecule has 2 amide bonds. The van der Waals surface area contributed by atoms with Gasteiger partial charge in [0.15, 0.2) is 0 Å². The van der Waals surface area contributed by atoms with Gasteiger partial charge >= 0.3 is 6.03 Å². The second-order valence-electron chi connectivity index (χ2n) is 6.58. The Morgan fingerprint density at radius 2 is 2.04 bits per heavy atom. The molecule has 0 saturated heterocycles. The molecule has 1 heterocycles. The molecule has 0 aliphatic heterocycles. The van der Waals surface area contributed by atoms with Crippen molar-refractivity contribution in [2.24, 2.45) is 0 Å². The Morgan fingerprint density at radius 3 is 2.67 bits per heavy atom. The van der Waals surface area contributed by atoms with Crippen molar-refractivity contribution in [3.8, 4) is 5.69 Å². The fourth-order valence-corrected chi connectivity index (χ4v) is 2.98. The maximum absolute atomic E-state index is 12.0. The lowest BCUT2D eigenvalue weighted by Gasteiger charge is -2.36. The molecule has 0 unspecified atom stereocenters. The second-order valence-corrected chi connectivity index (χ2v) is 6.58. The summed E-state index contributed by atoms with van der Waals surface area (Å²) in [6, 6.07) is 9.63. The van der Waals surface area contributed by atoms with Crippen molar-refractivity contribution in [1.82, 2.24) is 20.4 Å². The molecule has 2 aromatic rings. The van der Waals surface area contributed by atoms with E-state index in [0.717, 1.165) is 41.9 Å². The molecule has 1 aliphatic carbocycles. The highest BCUT2D eigenvalue weighted by Crippen LogP contribution is 2.30. The SMILES string of the molecule is Cc1cc(C)n(-c2ccccc2CNC(=O)NCC2(O)CCC2)n1. The quantitative estimate of drug-likeness (QED) is 0.787. The molecule has 3 rings (SSSR count). The van der Waals surface area contributed by atoms with Gasteiger partial charge in [-0.1, -0.05) is 18.2 Å². The van der Waals surface area contributed by atoms with Gasteiger partial charge in [-0.25, -0.2) is 9.48 Å². The summed E-state index contributed by atoms with van der Waals surface area (Å²) < 4.78 is 1.89. The number of aryl methyl sites for hydroxylation is 2. The fraction of sp³-hybridized carbons (Fsp3) is 0.444. The van der Waals surface area contributed by atoms with Crippen molar-refractivity contribution in [1.29, 1.82) is 0 Å². The van der Waals surface area contributed by atoms with Gasteiger partial charge < -0.3 is 15.7 Å². The molecule has 3 N–H and O–H groups in total. The van der Waals surface area contributed by atoms with E-state index in [9.17, 15) is 9.90 Å². The Morgan fingerprint density at radius 1 is 1.29 bits per heavy atom. The lowest BCUT2D eigenvalue weighted by atomic mass is 9.80. The van der Waals surface area contributed by atoms with Gasteiger partial charge in [-0.3, -0.25) is 0 Å². The predicted molar refractivity (Wildman–Crippen MR) is 92.1 cm³/mol. The summed E-state index contributed by atoms with van der Waals surface area (Å²) in [6.07, 6.45) is 2.54. The summed E-state index contributed by atoms with van der Waals surface area (Å²) in [5.41, 5.74) is 3.25. The summed E-state index contributed by atoms with van der Waals surface area (Å²) in [5.74, 6) is 0. The van der Waals surface area contributed by atoms with Gasteiger partial charge in [-0.05, 0) is 50.8 Å². The van der Waals surface area contributed by atoms with Crippen molar-refractivity contribution in [3.05, 3.63) is 47.3 Å². The maximum Gasteiger partial charge on any atom is 0.315 e. The number of nitrogens with one attached hydrogen (secondary N) is 2. The minimum Gasteiger partial charge on any atom is -0.388 e. The first-order valence-electron chi connectivity index (χ1n) is 8.32. The van der Waals surface area contributed by atoms with Crippen LogP contribution in [0.3, 0.4) is 0 Å². The Bertz CT molecular complexity index is 734. The normalized spacial score (nSPS) is 15.6. The fourth-order valence-electron chi connectivity index (χ4n) is 2.98. The van der Waals surface area contributed by atoms with Crippen molar-refractivity contribution in [3.63, 3.8) is 0 Å². The van der Waals surface area contributed by atoms with Gasteiger partial charge in [0.05, 0.1) is 17.0 Å². The van der Waals surface area contributed by atoms with E-state index in [4.69, 9.17) is 0 Å². The van der Waals surface area contributed by atoms with E-state index < -0.39 is 5.60 Å². The number of urea groups is 1. The first-order valence-corrected chi connectivity index (χ1v) is 8.32. The highest BCUT2D eigenvalue weighted by Gasteiger charge is 2.34. The van der Waals surface area contributed by atoms with E-state index in [0.29, 0.717) is 13.1 Å². The van der Waals surface area contributed by atoms with Crippen LogP contribution in [0, 0.1) is 13.8 Å². The number of aromatic nitrogens is 2. The molecule has 6 heteroatoms. The van der Waals surface area contributed by atoms with Gasteiger partial charge in [-0.15, -0.1) is 0 Å². The van der Waals surface area contributed by atoms with Crippen molar-refractivity contribution < 1.29 is 9.90 Å². The first-order chi connectivity index (χ1) is 11.5. The highest BCUT2D eigenvalue weighted by molar-refractivity contribution is 5.74. The molecule has 0 spiro atoms. The number of aliphatic hydroxyl groups is 1. The van der Waals surface area contributed by atoms with E-state index in [-0.39, 0.29) is 6.03 Å². The van der Waals surface area contributed by atoms with Crippen LogP contribution >= 0.6 is 0 Å². The zero-order chi connectivity index (χ0) is 17.2. The second kappa shape index (κ2) is 6.65. The van der Waals surface area contributed by atoms with E-state index in [2.05, 4.69) is 15.7 Å². The molecule has 1 saturated carbocycles. The molecule has 6 nitrogen and oxygen atoms in total. The number of carbonyl (C=O) groups excluding carboxylic acids is 1. The van der Waals surface area contributed by atoms with Crippen LogP contribution in [0.2, 0.25) is 0 Å². The topological polar surface area (TPSA) is 79.2 Å². The third-order valence-corrected chi connectivity index (χ3v) is 4.53.